The molecular weight excluding hydrogens is 228 g/mol. The highest BCUT2D eigenvalue weighted by Crippen LogP contribution is 1.96. The van der Waals surface area contributed by atoms with Crippen molar-refractivity contribution in [2.75, 3.05) is 0 Å². The normalized spacial score (nSPS) is 7.84. The Labute approximate surface area is 121 Å². The van der Waals surface area contributed by atoms with Crippen molar-refractivity contribution in [3.05, 3.63) is 73.4 Å². The van der Waals surface area contributed by atoms with E-state index in [-0.39, 0.29) is 0 Å². The molecule has 0 bridgehead atoms. The zero-order valence-corrected chi connectivity index (χ0v) is 13.5. The Balaban J connectivity index is -0.000000207. The first-order chi connectivity index (χ1) is 9.26. The molecule has 0 aliphatic carbocycles. The summed E-state index contributed by atoms with van der Waals surface area (Å²) in [6, 6.07) is 10.5. The minimum atomic E-state index is 1.14. The Morgan fingerprint density at radius 1 is 0.842 bits per heavy atom. The van der Waals surface area contributed by atoms with Gasteiger partial charge in [-0.3, -0.25) is 0 Å². The maximum Gasteiger partial charge on any atom is -0.0307 e. The van der Waals surface area contributed by atoms with Gasteiger partial charge in [-0.25, -0.2) is 0 Å². The molecule has 0 heterocycles. The lowest BCUT2D eigenvalue weighted by Crippen LogP contribution is -1.73. The average molecular weight is 260 g/mol. The molecule has 0 unspecified atom stereocenters. The second kappa shape index (κ2) is 25.3. The van der Waals surface area contributed by atoms with E-state index in [4.69, 9.17) is 0 Å². The summed E-state index contributed by atoms with van der Waals surface area (Å²) in [5, 5.41) is 0. The third-order valence-corrected chi connectivity index (χ3v) is 1.63. The van der Waals surface area contributed by atoms with Crippen LogP contribution in [0.2, 0.25) is 0 Å². The van der Waals surface area contributed by atoms with Gasteiger partial charge in [-0.05, 0) is 12.0 Å². The number of allylic oxidation sites excluding steroid dienone is 4. The number of benzene rings is 1. The number of rotatable bonds is 3. The molecule has 0 aromatic heterocycles. The number of aryl methyl sites for hydroxylation is 1. The number of hydrogen-bond donors (Lipinski definition) is 0. The van der Waals surface area contributed by atoms with Gasteiger partial charge < -0.3 is 0 Å². The molecule has 0 aliphatic rings. The summed E-state index contributed by atoms with van der Waals surface area (Å²) in [7, 11) is 0. The van der Waals surface area contributed by atoms with Crippen molar-refractivity contribution in [2.24, 2.45) is 0 Å². The molecule has 1 aromatic rings. The molecule has 0 spiro atoms. The largest absolute Gasteiger partial charge is 0.0991 e. The van der Waals surface area contributed by atoms with Crippen molar-refractivity contribution < 1.29 is 0 Å². The first-order valence-corrected chi connectivity index (χ1v) is 7.20. The first-order valence-electron chi connectivity index (χ1n) is 7.20. The monoisotopic (exact) mass is 260 g/mol. The summed E-state index contributed by atoms with van der Waals surface area (Å²) < 4.78 is 0. The minimum absolute atomic E-state index is 1.14. The van der Waals surface area contributed by atoms with Crippen LogP contribution in [0.5, 0.6) is 0 Å². The van der Waals surface area contributed by atoms with Gasteiger partial charge in [-0.1, -0.05) is 109 Å². The van der Waals surface area contributed by atoms with Gasteiger partial charge in [0, 0.05) is 0 Å². The van der Waals surface area contributed by atoms with Crippen LogP contribution in [0.15, 0.2) is 67.8 Å². The fourth-order valence-corrected chi connectivity index (χ4v) is 0.871. The highest BCUT2D eigenvalue weighted by Gasteiger charge is 1.79. The van der Waals surface area contributed by atoms with Gasteiger partial charge in [-0.15, -0.1) is 0 Å². The molecule has 0 heteroatoms. The van der Waals surface area contributed by atoms with E-state index in [1.807, 2.05) is 32.1 Å². The third kappa shape index (κ3) is 26.2. The Morgan fingerprint density at radius 2 is 1.21 bits per heavy atom. The molecule has 1 aromatic carbocycles. The maximum atomic E-state index is 3.46. The Bertz CT molecular complexity index is 270. The van der Waals surface area contributed by atoms with Crippen molar-refractivity contribution in [2.45, 2.75) is 47.5 Å². The summed E-state index contributed by atoms with van der Waals surface area (Å²) in [6.45, 7) is 17.3. The van der Waals surface area contributed by atoms with Crippen LogP contribution in [-0.4, -0.2) is 0 Å². The molecule has 0 saturated carbocycles. The summed E-state index contributed by atoms with van der Waals surface area (Å²) in [4.78, 5) is 0. The standard InChI is InChI=1S/C8H10.C6H8.C3H8.C2H6/c1-2-8-6-4-3-5-7-8;1-3-5-6-4-2;1-3-2;1-2/h3-7H,2H2,1H3;3-6H,1-2H2;3H2,1-2H3;1-2H3/b;6-5-;;. The lowest BCUT2D eigenvalue weighted by Gasteiger charge is -1.89. The summed E-state index contributed by atoms with van der Waals surface area (Å²) >= 11 is 0. The van der Waals surface area contributed by atoms with Crippen LogP contribution >= 0.6 is 0 Å². The van der Waals surface area contributed by atoms with E-state index in [9.17, 15) is 0 Å². The van der Waals surface area contributed by atoms with E-state index >= 15 is 0 Å². The van der Waals surface area contributed by atoms with Crippen LogP contribution in [0.25, 0.3) is 0 Å². The van der Waals surface area contributed by atoms with E-state index in [0.29, 0.717) is 0 Å². The van der Waals surface area contributed by atoms with Crippen LogP contribution in [0, 0.1) is 0 Å². The van der Waals surface area contributed by atoms with Gasteiger partial charge in [0.2, 0.25) is 0 Å². The van der Waals surface area contributed by atoms with Gasteiger partial charge in [0.1, 0.15) is 0 Å². The predicted molar refractivity (Wildman–Crippen MR) is 92.7 cm³/mol. The smallest absolute Gasteiger partial charge is 0.0307 e. The third-order valence-electron chi connectivity index (χ3n) is 1.63. The predicted octanol–water partition coefficient (Wildman–Crippen LogP) is 6.61. The van der Waals surface area contributed by atoms with Crippen molar-refractivity contribution in [3.8, 4) is 0 Å². The molecular formula is C19H32. The Morgan fingerprint density at radius 3 is 1.42 bits per heavy atom. The molecule has 0 aliphatic heterocycles. The quantitative estimate of drug-likeness (QED) is 0.537. The van der Waals surface area contributed by atoms with Gasteiger partial charge in [0.05, 0.1) is 0 Å². The zero-order valence-electron chi connectivity index (χ0n) is 13.5. The van der Waals surface area contributed by atoms with Gasteiger partial charge in [0.25, 0.3) is 0 Å². The van der Waals surface area contributed by atoms with E-state index < -0.39 is 0 Å². The highest BCUT2D eigenvalue weighted by atomic mass is 13.9. The van der Waals surface area contributed by atoms with Crippen molar-refractivity contribution in [1.82, 2.24) is 0 Å². The minimum Gasteiger partial charge on any atom is -0.0991 e. The van der Waals surface area contributed by atoms with E-state index in [2.05, 4.69) is 58.2 Å². The van der Waals surface area contributed by atoms with E-state index in [1.54, 1.807) is 12.2 Å². The molecule has 0 amide bonds. The summed E-state index contributed by atoms with van der Waals surface area (Å²) in [6.07, 6.45) is 9.46. The van der Waals surface area contributed by atoms with Gasteiger partial charge >= 0.3 is 0 Å². The van der Waals surface area contributed by atoms with Gasteiger partial charge in [-0.2, -0.15) is 0 Å². The lowest BCUT2D eigenvalue weighted by molar-refractivity contribution is 1.09. The molecule has 0 radical (unpaired) electrons. The molecule has 19 heavy (non-hydrogen) atoms. The molecule has 0 saturated heterocycles. The van der Waals surface area contributed by atoms with Crippen LogP contribution in [0.3, 0.4) is 0 Å². The summed E-state index contributed by atoms with van der Waals surface area (Å²) in [5.41, 5.74) is 1.41. The number of hydrogen-bond acceptors (Lipinski definition) is 0. The van der Waals surface area contributed by atoms with Crippen molar-refractivity contribution in [1.29, 1.82) is 0 Å². The fraction of sp³-hybridized carbons (Fsp3) is 0.368. The molecule has 108 valence electrons. The van der Waals surface area contributed by atoms with Crippen LogP contribution in [0.4, 0.5) is 0 Å². The summed E-state index contributed by atoms with van der Waals surface area (Å²) in [5.74, 6) is 0. The molecule has 0 nitrogen and oxygen atoms in total. The fourth-order valence-electron chi connectivity index (χ4n) is 0.871. The first kappa shape index (κ1) is 22.6. The molecule has 0 atom stereocenters. The zero-order chi connectivity index (χ0) is 15.4. The second-order valence-corrected chi connectivity index (χ2v) is 3.40. The lowest BCUT2D eigenvalue weighted by atomic mass is 10.2. The molecule has 1 rings (SSSR count). The molecule has 0 fully saturated rings. The Kier molecular flexibility index (Phi) is 30.1. The van der Waals surface area contributed by atoms with Crippen LogP contribution in [0.1, 0.15) is 46.6 Å². The average Bonchev–Trinajstić information content (AvgIpc) is 2.49. The van der Waals surface area contributed by atoms with Crippen LogP contribution in [-0.2, 0) is 6.42 Å². The van der Waals surface area contributed by atoms with E-state index in [1.165, 1.54) is 12.0 Å². The van der Waals surface area contributed by atoms with Crippen molar-refractivity contribution in [3.63, 3.8) is 0 Å². The highest BCUT2D eigenvalue weighted by molar-refractivity contribution is 5.13. The maximum absolute atomic E-state index is 3.46. The van der Waals surface area contributed by atoms with Crippen LogP contribution < -0.4 is 0 Å². The second-order valence-electron chi connectivity index (χ2n) is 3.40. The SMILES string of the molecule is C=C/C=C\C=C.CC.CCC.CCc1ccccc1. The van der Waals surface area contributed by atoms with E-state index in [0.717, 1.165) is 6.42 Å². The van der Waals surface area contributed by atoms with Crippen molar-refractivity contribution >= 4 is 0 Å². The topological polar surface area (TPSA) is 0 Å². The molecule has 0 N–H and O–H groups in total. The van der Waals surface area contributed by atoms with Gasteiger partial charge in [0.15, 0.2) is 0 Å². The Hall–Kier alpha value is -1.56.